The van der Waals surface area contributed by atoms with Crippen molar-refractivity contribution in [1.82, 2.24) is 15.2 Å². The van der Waals surface area contributed by atoms with Crippen LogP contribution in [0.2, 0.25) is 0 Å². The molecule has 1 N–H and O–H groups in total. The van der Waals surface area contributed by atoms with Gasteiger partial charge in [-0.3, -0.25) is 9.78 Å². The number of fused-ring (bicyclic) bond motifs is 1. The van der Waals surface area contributed by atoms with Crippen molar-refractivity contribution in [3.63, 3.8) is 0 Å². The summed E-state index contributed by atoms with van der Waals surface area (Å²) in [6.07, 6.45) is 1.82. The maximum Gasteiger partial charge on any atom is 0.246 e. The molecule has 1 aliphatic heterocycles. The van der Waals surface area contributed by atoms with Gasteiger partial charge in [-0.15, -0.1) is 0 Å². The van der Waals surface area contributed by atoms with E-state index in [1.54, 1.807) is 19.0 Å². The fourth-order valence-corrected chi connectivity index (χ4v) is 2.84. The van der Waals surface area contributed by atoms with Crippen molar-refractivity contribution in [1.29, 1.82) is 0 Å². The van der Waals surface area contributed by atoms with Gasteiger partial charge in [0.1, 0.15) is 6.04 Å². The molecule has 1 fully saturated rings. The van der Waals surface area contributed by atoms with Crippen LogP contribution in [0.4, 0.5) is 5.69 Å². The molecule has 1 aromatic carbocycles. The Bertz CT molecular complexity index is 650. The molecular weight excluding hydrogens is 264 g/mol. The van der Waals surface area contributed by atoms with Gasteiger partial charge in [0.05, 0.1) is 5.52 Å². The summed E-state index contributed by atoms with van der Waals surface area (Å²) in [7, 11) is 3.61. The monoisotopic (exact) mass is 284 g/mol. The number of nitrogens with zero attached hydrogens (tertiary/aromatic N) is 3. The van der Waals surface area contributed by atoms with Gasteiger partial charge < -0.3 is 15.1 Å². The summed E-state index contributed by atoms with van der Waals surface area (Å²) in [5, 5.41) is 4.41. The van der Waals surface area contributed by atoms with E-state index in [1.165, 1.54) is 0 Å². The van der Waals surface area contributed by atoms with E-state index in [1.807, 2.05) is 30.5 Å². The van der Waals surface area contributed by atoms with Crippen molar-refractivity contribution in [3.05, 3.63) is 36.5 Å². The van der Waals surface area contributed by atoms with Crippen LogP contribution in [0.5, 0.6) is 0 Å². The average Bonchev–Trinajstić information content (AvgIpc) is 2.53. The maximum atomic E-state index is 12.4. The first-order valence-corrected chi connectivity index (χ1v) is 7.21. The average molecular weight is 284 g/mol. The summed E-state index contributed by atoms with van der Waals surface area (Å²) in [6.45, 7) is 2.37. The highest BCUT2D eigenvalue weighted by Crippen LogP contribution is 2.27. The van der Waals surface area contributed by atoms with Crippen molar-refractivity contribution in [3.8, 4) is 0 Å². The van der Waals surface area contributed by atoms with E-state index in [2.05, 4.69) is 21.3 Å². The summed E-state index contributed by atoms with van der Waals surface area (Å²) in [4.78, 5) is 20.7. The topological polar surface area (TPSA) is 48.5 Å². The predicted molar refractivity (Wildman–Crippen MR) is 84.4 cm³/mol. The highest BCUT2D eigenvalue weighted by molar-refractivity contribution is 5.94. The lowest BCUT2D eigenvalue weighted by molar-refractivity contribution is -0.130. The normalized spacial score (nSPS) is 18.8. The van der Waals surface area contributed by atoms with Crippen molar-refractivity contribution >= 4 is 22.5 Å². The van der Waals surface area contributed by atoms with Crippen LogP contribution in [0.25, 0.3) is 10.9 Å². The number of likely N-dealkylation sites (N-methyl/N-ethyl adjacent to an activating group) is 1. The Kier molecular flexibility index (Phi) is 3.75. The molecule has 0 radical (unpaired) electrons. The standard InChI is InChI=1S/C16H20N4O/c1-19(2)16(21)15-11-17-9-10-20(15)14-7-8-18-13-6-4-3-5-12(13)14/h3-8,15,17H,9-11H2,1-2H3. The zero-order chi connectivity index (χ0) is 14.8. The first-order valence-electron chi connectivity index (χ1n) is 7.21. The third-order valence-corrected chi connectivity index (χ3v) is 3.90. The van der Waals surface area contributed by atoms with E-state index in [9.17, 15) is 4.79 Å². The number of benzene rings is 1. The second-order valence-corrected chi connectivity index (χ2v) is 5.49. The van der Waals surface area contributed by atoms with Crippen LogP contribution < -0.4 is 10.2 Å². The number of aromatic nitrogens is 1. The largest absolute Gasteiger partial charge is 0.357 e. The number of para-hydroxylation sites is 1. The number of hydrogen-bond donors (Lipinski definition) is 1. The van der Waals surface area contributed by atoms with Crippen molar-refractivity contribution in [2.24, 2.45) is 0 Å². The molecule has 0 spiro atoms. The third-order valence-electron chi connectivity index (χ3n) is 3.90. The van der Waals surface area contributed by atoms with E-state index < -0.39 is 0 Å². The molecule has 0 bridgehead atoms. The van der Waals surface area contributed by atoms with Gasteiger partial charge >= 0.3 is 0 Å². The Hall–Kier alpha value is -2.14. The van der Waals surface area contributed by atoms with Gasteiger partial charge in [-0.05, 0) is 12.1 Å². The molecule has 5 nitrogen and oxygen atoms in total. The number of carbonyl (C=O) groups is 1. The van der Waals surface area contributed by atoms with Gasteiger partial charge in [-0.2, -0.15) is 0 Å². The molecule has 2 aromatic rings. The van der Waals surface area contributed by atoms with Gasteiger partial charge in [0.2, 0.25) is 5.91 Å². The lowest BCUT2D eigenvalue weighted by Gasteiger charge is -2.38. The smallest absolute Gasteiger partial charge is 0.246 e. The zero-order valence-electron chi connectivity index (χ0n) is 12.4. The first-order chi connectivity index (χ1) is 10.2. The molecular formula is C16H20N4O. The first kappa shape index (κ1) is 13.8. The molecule has 1 unspecified atom stereocenters. The van der Waals surface area contributed by atoms with Crippen LogP contribution in [0.3, 0.4) is 0 Å². The van der Waals surface area contributed by atoms with Crippen LogP contribution in [-0.4, -0.2) is 55.6 Å². The highest BCUT2D eigenvalue weighted by atomic mass is 16.2. The number of pyridine rings is 1. The molecule has 1 amide bonds. The zero-order valence-corrected chi connectivity index (χ0v) is 12.4. The SMILES string of the molecule is CN(C)C(=O)C1CNCCN1c1ccnc2ccccc12. The van der Waals surface area contributed by atoms with Crippen molar-refractivity contribution in [2.45, 2.75) is 6.04 Å². The van der Waals surface area contributed by atoms with Crippen LogP contribution in [-0.2, 0) is 4.79 Å². The minimum atomic E-state index is -0.167. The lowest BCUT2D eigenvalue weighted by Crippen LogP contribution is -2.57. The molecule has 0 saturated carbocycles. The quantitative estimate of drug-likeness (QED) is 0.897. The van der Waals surface area contributed by atoms with Gasteiger partial charge in [0.15, 0.2) is 0 Å². The summed E-state index contributed by atoms with van der Waals surface area (Å²) in [6, 6.07) is 9.90. The summed E-state index contributed by atoms with van der Waals surface area (Å²) in [5.74, 6) is 0.128. The number of hydrogen-bond acceptors (Lipinski definition) is 4. The molecule has 1 aliphatic rings. The number of carbonyl (C=O) groups excluding carboxylic acids is 1. The van der Waals surface area contributed by atoms with E-state index in [4.69, 9.17) is 0 Å². The molecule has 21 heavy (non-hydrogen) atoms. The van der Waals surface area contributed by atoms with Crippen LogP contribution in [0.15, 0.2) is 36.5 Å². The molecule has 3 rings (SSSR count). The minimum Gasteiger partial charge on any atom is -0.357 e. The van der Waals surface area contributed by atoms with E-state index >= 15 is 0 Å². The number of anilines is 1. The predicted octanol–water partition coefficient (Wildman–Crippen LogP) is 1.10. The number of rotatable bonds is 2. The molecule has 1 atom stereocenters. The molecule has 1 aromatic heterocycles. The summed E-state index contributed by atoms with van der Waals surface area (Å²) >= 11 is 0. The van der Waals surface area contributed by atoms with Crippen molar-refractivity contribution in [2.75, 3.05) is 38.6 Å². The second kappa shape index (κ2) is 5.69. The number of amides is 1. The van der Waals surface area contributed by atoms with Crippen LogP contribution in [0.1, 0.15) is 0 Å². The van der Waals surface area contributed by atoms with E-state index in [0.29, 0.717) is 6.54 Å². The fraction of sp³-hybridized carbons (Fsp3) is 0.375. The molecule has 110 valence electrons. The van der Waals surface area contributed by atoms with Gasteiger partial charge in [-0.25, -0.2) is 0 Å². The molecule has 1 saturated heterocycles. The van der Waals surface area contributed by atoms with Gasteiger partial charge in [0.25, 0.3) is 0 Å². The van der Waals surface area contributed by atoms with Gasteiger partial charge in [0, 0.05) is 51.0 Å². The summed E-state index contributed by atoms with van der Waals surface area (Å²) in [5.41, 5.74) is 2.05. The second-order valence-electron chi connectivity index (χ2n) is 5.49. The van der Waals surface area contributed by atoms with Crippen LogP contribution >= 0.6 is 0 Å². The number of nitrogens with one attached hydrogen (secondary N) is 1. The van der Waals surface area contributed by atoms with Crippen molar-refractivity contribution < 1.29 is 4.79 Å². The maximum absolute atomic E-state index is 12.4. The Morgan fingerprint density at radius 3 is 2.95 bits per heavy atom. The Balaban J connectivity index is 2.04. The molecule has 5 heteroatoms. The highest BCUT2D eigenvalue weighted by Gasteiger charge is 2.30. The Morgan fingerprint density at radius 1 is 1.33 bits per heavy atom. The van der Waals surface area contributed by atoms with Crippen LogP contribution in [0, 0.1) is 0 Å². The third kappa shape index (κ3) is 2.56. The Labute approximate surface area is 124 Å². The lowest BCUT2D eigenvalue weighted by atomic mass is 10.1. The summed E-state index contributed by atoms with van der Waals surface area (Å²) < 4.78 is 0. The fourth-order valence-electron chi connectivity index (χ4n) is 2.84. The Morgan fingerprint density at radius 2 is 2.14 bits per heavy atom. The molecule has 0 aliphatic carbocycles. The van der Waals surface area contributed by atoms with E-state index in [-0.39, 0.29) is 11.9 Å². The van der Waals surface area contributed by atoms with Gasteiger partial charge in [-0.1, -0.05) is 18.2 Å². The van der Waals surface area contributed by atoms with E-state index in [0.717, 1.165) is 29.7 Å². The minimum absolute atomic E-state index is 0.128. The molecule has 2 heterocycles. The number of piperazine rings is 1.